The first-order chi connectivity index (χ1) is 16.0. The maximum Gasteiger partial charge on any atom is 0.224 e. The highest BCUT2D eigenvalue weighted by molar-refractivity contribution is 5.75. The molecule has 188 valence electrons. The highest BCUT2D eigenvalue weighted by Gasteiger charge is 2.28. The molecule has 1 rings (SSSR count). The number of carbonyl (C=O) groups excluding carboxylic acids is 1. The second kappa shape index (κ2) is 18.8. The molecule has 0 saturated heterocycles. The lowest BCUT2D eigenvalue weighted by atomic mass is 10.1. The molecular formula is C30H53N2O+. The molecule has 1 unspecified atom stereocenters. The zero-order chi connectivity index (χ0) is 24.2. The molecule has 0 heterocycles. The molecule has 0 radical (unpaired) electrons. The van der Waals surface area contributed by atoms with E-state index in [4.69, 9.17) is 0 Å². The Hall–Kier alpha value is -1.61. The summed E-state index contributed by atoms with van der Waals surface area (Å²) in [5.74, 6) is 0.207. The van der Waals surface area contributed by atoms with Crippen LogP contribution in [0.15, 0.2) is 42.5 Å². The van der Waals surface area contributed by atoms with E-state index in [0.717, 1.165) is 30.3 Å². The Balaban J connectivity index is 2.07. The first kappa shape index (κ1) is 29.4. The molecule has 0 fully saturated rings. The predicted octanol–water partition coefficient (Wildman–Crippen LogP) is 8.15. The molecule has 1 atom stereocenters. The highest BCUT2D eigenvalue weighted by Crippen LogP contribution is 2.16. The second-order valence-corrected chi connectivity index (χ2v) is 10.2. The number of nitrogens with one attached hydrogen (secondary N) is 1. The summed E-state index contributed by atoms with van der Waals surface area (Å²) in [7, 11) is 4.42. The summed E-state index contributed by atoms with van der Waals surface area (Å²) in [6.45, 7) is 5.36. The number of quaternary nitrogens is 1. The van der Waals surface area contributed by atoms with Crippen LogP contribution in [0.2, 0.25) is 0 Å². The van der Waals surface area contributed by atoms with Gasteiger partial charge in [-0.15, -0.1) is 0 Å². The van der Waals surface area contributed by atoms with Crippen molar-refractivity contribution in [3.8, 4) is 0 Å². The monoisotopic (exact) mass is 457 g/mol. The van der Waals surface area contributed by atoms with Crippen molar-refractivity contribution in [3.63, 3.8) is 0 Å². The molecule has 0 aromatic heterocycles. The standard InChI is InChI=1S/C30H52N2O/c1-5-7-8-9-10-11-12-13-14-15-16-17-18-19-23-26-30(33)31-29(6-2)32(3,4)27-28-24-21-20-22-25-28/h13-14,20-22,24-25,29H,5-12,15-19,23,26-27H2,1-4H3/p+1/b14-13-. The molecule has 1 amide bonds. The van der Waals surface area contributed by atoms with Crippen LogP contribution in [-0.2, 0) is 11.3 Å². The Morgan fingerprint density at radius 1 is 0.818 bits per heavy atom. The van der Waals surface area contributed by atoms with Crippen molar-refractivity contribution in [2.45, 2.75) is 123 Å². The second-order valence-electron chi connectivity index (χ2n) is 10.2. The molecule has 1 N–H and O–H groups in total. The molecule has 0 saturated carbocycles. The Bertz CT molecular complexity index is 623. The third kappa shape index (κ3) is 15.0. The normalized spacial score (nSPS) is 12.8. The van der Waals surface area contributed by atoms with Gasteiger partial charge >= 0.3 is 0 Å². The number of hydrogen-bond acceptors (Lipinski definition) is 1. The van der Waals surface area contributed by atoms with Crippen LogP contribution in [0.25, 0.3) is 0 Å². The Labute approximate surface area is 205 Å². The summed E-state index contributed by atoms with van der Waals surface area (Å²) >= 11 is 0. The number of allylic oxidation sites excluding steroid dienone is 2. The van der Waals surface area contributed by atoms with Crippen molar-refractivity contribution in [1.29, 1.82) is 0 Å². The number of nitrogens with zero attached hydrogens (tertiary/aromatic N) is 1. The fraction of sp³-hybridized carbons (Fsp3) is 0.700. The van der Waals surface area contributed by atoms with Gasteiger partial charge in [0.1, 0.15) is 6.54 Å². The molecular weight excluding hydrogens is 404 g/mol. The molecule has 33 heavy (non-hydrogen) atoms. The summed E-state index contributed by atoms with van der Waals surface area (Å²) < 4.78 is 0.776. The molecule has 1 aromatic carbocycles. The van der Waals surface area contributed by atoms with E-state index in [1.54, 1.807) is 0 Å². The van der Waals surface area contributed by atoms with Crippen molar-refractivity contribution < 1.29 is 9.28 Å². The van der Waals surface area contributed by atoms with Gasteiger partial charge in [0.2, 0.25) is 5.91 Å². The van der Waals surface area contributed by atoms with E-state index in [1.807, 2.05) is 0 Å². The molecule has 1 aromatic rings. The van der Waals surface area contributed by atoms with E-state index in [0.29, 0.717) is 6.42 Å². The molecule has 3 nitrogen and oxygen atoms in total. The van der Waals surface area contributed by atoms with Crippen molar-refractivity contribution in [2.75, 3.05) is 14.1 Å². The van der Waals surface area contributed by atoms with E-state index in [-0.39, 0.29) is 12.1 Å². The Morgan fingerprint density at radius 2 is 1.36 bits per heavy atom. The Morgan fingerprint density at radius 3 is 1.94 bits per heavy atom. The van der Waals surface area contributed by atoms with Gasteiger partial charge < -0.3 is 9.80 Å². The van der Waals surface area contributed by atoms with Crippen molar-refractivity contribution in [1.82, 2.24) is 5.32 Å². The third-order valence-corrected chi connectivity index (χ3v) is 6.66. The molecule has 0 aliphatic heterocycles. The summed E-state index contributed by atoms with van der Waals surface area (Å²) in [5, 5.41) is 3.30. The minimum atomic E-state index is 0.154. The summed E-state index contributed by atoms with van der Waals surface area (Å²) in [6, 6.07) is 10.6. The van der Waals surface area contributed by atoms with Crippen LogP contribution in [-0.4, -0.2) is 30.7 Å². The summed E-state index contributed by atoms with van der Waals surface area (Å²) in [4.78, 5) is 12.5. The van der Waals surface area contributed by atoms with Crippen LogP contribution in [0.5, 0.6) is 0 Å². The van der Waals surface area contributed by atoms with Crippen molar-refractivity contribution in [3.05, 3.63) is 48.0 Å². The van der Waals surface area contributed by atoms with E-state index in [1.165, 1.54) is 76.2 Å². The smallest absolute Gasteiger partial charge is 0.224 e. The van der Waals surface area contributed by atoms with Gasteiger partial charge in [-0.05, 0) is 32.1 Å². The number of hydrogen-bond donors (Lipinski definition) is 1. The van der Waals surface area contributed by atoms with E-state index in [2.05, 4.69) is 75.7 Å². The topological polar surface area (TPSA) is 29.1 Å². The van der Waals surface area contributed by atoms with E-state index < -0.39 is 0 Å². The lowest BCUT2D eigenvalue weighted by Crippen LogP contribution is -2.56. The SMILES string of the molecule is CCCCCCCC/C=C\CCCCCCCC(=O)NC(CC)[N+](C)(C)Cc1ccccc1. The van der Waals surface area contributed by atoms with Gasteiger partial charge in [0.25, 0.3) is 0 Å². The van der Waals surface area contributed by atoms with Gasteiger partial charge in [0.15, 0.2) is 6.17 Å². The molecule has 3 heteroatoms. The number of unbranched alkanes of at least 4 members (excludes halogenated alkanes) is 11. The summed E-state index contributed by atoms with van der Waals surface area (Å²) in [5.41, 5.74) is 1.31. The van der Waals surface area contributed by atoms with Crippen LogP contribution >= 0.6 is 0 Å². The zero-order valence-electron chi connectivity index (χ0n) is 22.3. The molecule has 0 spiro atoms. The van der Waals surface area contributed by atoms with Crippen molar-refractivity contribution in [2.24, 2.45) is 0 Å². The molecule has 0 bridgehead atoms. The summed E-state index contributed by atoms with van der Waals surface area (Å²) in [6.07, 6.45) is 23.2. The van der Waals surface area contributed by atoms with Crippen LogP contribution in [0.4, 0.5) is 0 Å². The van der Waals surface area contributed by atoms with Crippen LogP contribution in [0.1, 0.15) is 116 Å². The predicted molar refractivity (Wildman–Crippen MR) is 144 cm³/mol. The quantitative estimate of drug-likeness (QED) is 0.0910. The number of benzene rings is 1. The number of rotatable bonds is 20. The fourth-order valence-electron chi connectivity index (χ4n) is 4.55. The van der Waals surface area contributed by atoms with Crippen LogP contribution < -0.4 is 5.32 Å². The minimum absolute atomic E-state index is 0.154. The minimum Gasteiger partial charge on any atom is -0.307 e. The zero-order valence-corrected chi connectivity index (χ0v) is 22.3. The number of amides is 1. The van der Waals surface area contributed by atoms with Gasteiger partial charge in [-0.3, -0.25) is 4.79 Å². The van der Waals surface area contributed by atoms with Crippen LogP contribution in [0, 0.1) is 0 Å². The number of carbonyl (C=O) groups is 1. The molecule has 0 aliphatic rings. The maximum atomic E-state index is 12.5. The average molecular weight is 458 g/mol. The lowest BCUT2D eigenvalue weighted by molar-refractivity contribution is -0.930. The van der Waals surface area contributed by atoms with Gasteiger partial charge in [0.05, 0.1) is 14.1 Å². The highest BCUT2D eigenvalue weighted by atomic mass is 16.1. The average Bonchev–Trinajstić information content (AvgIpc) is 2.80. The van der Waals surface area contributed by atoms with Gasteiger partial charge in [-0.2, -0.15) is 0 Å². The third-order valence-electron chi connectivity index (χ3n) is 6.66. The largest absolute Gasteiger partial charge is 0.307 e. The first-order valence-electron chi connectivity index (χ1n) is 13.8. The van der Waals surface area contributed by atoms with Crippen molar-refractivity contribution >= 4 is 5.91 Å². The van der Waals surface area contributed by atoms with Gasteiger partial charge in [-0.25, -0.2) is 0 Å². The molecule has 0 aliphatic carbocycles. The maximum absolute atomic E-state index is 12.5. The fourth-order valence-corrected chi connectivity index (χ4v) is 4.55. The lowest BCUT2D eigenvalue weighted by Gasteiger charge is -2.38. The van der Waals surface area contributed by atoms with E-state index >= 15 is 0 Å². The first-order valence-corrected chi connectivity index (χ1v) is 13.8. The Kier molecular flexibility index (Phi) is 16.7. The van der Waals surface area contributed by atoms with E-state index in [9.17, 15) is 4.79 Å². The van der Waals surface area contributed by atoms with Gasteiger partial charge in [-0.1, -0.05) is 108 Å². The van der Waals surface area contributed by atoms with Crippen LogP contribution in [0.3, 0.4) is 0 Å². The van der Waals surface area contributed by atoms with Gasteiger partial charge in [0, 0.05) is 18.4 Å².